The summed E-state index contributed by atoms with van der Waals surface area (Å²) in [5, 5.41) is 0. The molecule has 0 atom stereocenters. The Morgan fingerprint density at radius 3 is 2.29 bits per heavy atom. The van der Waals surface area contributed by atoms with Gasteiger partial charge in [0.25, 0.3) is 0 Å². The minimum Gasteiger partial charge on any atom is -0.206 e. The molecule has 0 aliphatic carbocycles. The van der Waals surface area contributed by atoms with Crippen molar-refractivity contribution in [2.75, 3.05) is 0 Å². The van der Waals surface area contributed by atoms with Gasteiger partial charge in [-0.2, -0.15) is 13.2 Å². The van der Waals surface area contributed by atoms with E-state index in [0.717, 1.165) is 6.07 Å². The molecule has 5 heteroatoms. The van der Waals surface area contributed by atoms with E-state index in [9.17, 15) is 17.6 Å². The first-order chi connectivity index (χ1) is 6.34. The summed E-state index contributed by atoms with van der Waals surface area (Å²) in [4.78, 5) is 0. The summed E-state index contributed by atoms with van der Waals surface area (Å²) in [6, 6.07) is 3.05. The van der Waals surface area contributed by atoms with Crippen molar-refractivity contribution in [3.63, 3.8) is 0 Å². The fourth-order valence-electron chi connectivity index (χ4n) is 0.960. The summed E-state index contributed by atoms with van der Waals surface area (Å²) < 4.78 is 49.9. The first kappa shape index (κ1) is 11.2. The van der Waals surface area contributed by atoms with Gasteiger partial charge in [-0.1, -0.05) is 34.6 Å². The van der Waals surface area contributed by atoms with Crippen molar-refractivity contribution < 1.29 is 17.6 Å². The topological polar surface area (TPSA) is 0 Å². The maximum atomic E-state index is 13.2. The molecule has 0 N–H and O–H groups in total. The lowest BCUT2D eigenvalue weighted by Gasteiger charge is -2.10. The van der Waals surface area contributed by atoms with E-state index in [1.165, 1.54) is 6.07 Å². The van der Waals surface area contributed by atoms with Crippen LogP contribution < -0.4 is 0 Å². The van der Waals surface area contributed by atoms with Crippen molar-refractivity contribution >= 4 is 20.4 Å². The van der Waals surface area contributed by atoms with Gasteiger partial charge in [-0.3, -0.25) is 0 Å². The average Bonchev–Trinajstić information content (AvgIpc) is 2.01. The maximum absolute atomic E-state index is 13.2. The van der Waals surface area contributed by atoms with E-state index in [1.807, 2.05) is 0 Å². The lowest BCUT2D eigenvalue weighted by molar-refractivity contribution is -0.140. The van der Waals surface area contributed by atoms with E-state index in [0.29, 0.717) is 6.07 Å². The van der Waals surface area contributed by atoms with Gasteiger partial charge in [-0.05, 0) is 6.07 Å². The van der Waals surface area contributed by atoms with Gasteiger partial charge >= 0.3 is 6.18 Å². The number of hydrogen-bond acceptors (Lipinski definition) is 0. The fraction of sp³-hybridized carbons (Fsp3) is 0.111. The van der Waals surface area contributed by atoms with E-state index in [4.69, 9.17) is 0 Å². The molecular formula is C9H5BrF4. The van der Waals surface area contributed by atoms with Crippen molar-refractivity contribution in [3.05, 3.63) is 41.7 Å². The molecule has 0 aliphatic heterocycles. The van der Waals surface area contributed by atoms with Crippen molar-refractivity contribution in [2.24, 2.45) is 0 Å². The SMILES string of the molecule is C=C(Br)c1cccc(C(F)(F)F)c1F. The van der Waals surface area contributed by atoms with Crippen LogP contribution in [0.25, 0.3) is 4.48 Å². The minimum absolute atomic E-state index is 0.0844. The average molecular weight is 269 g/mol. The zero-order chi connectivity index (χ0) is 10.9. The molecule has 0 radical (unpaired) electrons. The van der Waals surface area contributed by atoms with Crippen molar-refractivity contribution in [3.8, 4) is 0 Å². The molecule has 76 valence electrons. The number of rotatable bonds is 1. The van der Waals surface area contributed by atoms with Crippen molar-refractivity contribution in [1.29, 1.82) is 0 Å². The van der Waals surface area contributed by atoms with Gasteiger partial charge in [0.2, 0.25) is 0 Å². The third-order valence-electron chi connectivity index (χ3n) is 1.60. The smallest absolute Gasteiger partial charge is 0.206 e. The molecule has 0 spiro atoms. The van der Waals surface area contributed by atoms with Crippen molar-refractivity contribution in [2.45, 2.75) is 6.18 Å². The van der Waals surface area contributed by atoms with Crippen LogP contribution in [0.2, 0.25) is 0 Å². The van der Waals surface area contributed by atoms with Crippen LogP contribution in [0.1, 0.15) is 11.1 Å². The number of hydrogen-bond donors (Lipinski definition) is 0. The van der Waals surface area contributed by atoms with E-state index in [-0.39, 0.29) is 10.0 Å². The molecule has 0 fully saturated rings. The zero-order valence-corrected chi connectivity index (χ0v) is 8.41. The van der Waals surface area contributed by atoms with Gasteiger partial charge in [-0.15, -0.1) is 0 Å². The Morgan fingerprint density at radius 2 is 1.86 bits per heavy atom. The molecule has 1 aromatic rings. The maximum Gasteiger partial charge on any atom is 0.419 e. The summed E-state index contributed by atoms with van der Waals surface area (Å²) in [6.45, 7) is 3.32. The Hall–Kier alpha value is -0.840. The van der Waals surface area contributed by atoms with E-state index < -0.39 is 17.6 Å². The Labute approximate surface area is 86.4 Å². The molecule has 0 saturated heterocycles. The van der Waals surface area contributed by atoms with Crippen LogP contribution in [-0.2, 0) is 6.18 Å². The van der Waals surface area contributed by atoms with Crippen LogP contribution >= 0.6 is 15.9 Å². The van der Waals surface area contributed by atoms with Gasteiger partial charge in [0.15, 0.2) is 0 Å². The van der Waals surface area contributed by atoms with E-state index in [1.54, 1.807) is 0 Å². The Balaban J connectivity index is 3.35. The molecule has 0 aliphatic rings. The van der Waals surface area contributed by atoms with Crippen LogP contribution in [-0.4, -0.2) is 0 Å². The Bertz CT molecular complexity index is 368. The third-order valence-corrected chi connectivity index (χ3v) is 2.02. The minimum atomic E-state index is -4.68. The highest BCUT2D eigenvalue weighted by molar-refractivity contribution is 9.15. The highest BCUT2D eigenvalue weighted by atomic mass is 79.9. The van der Waals surface area contributed by atoms with Gasteiger partial charge in [-0.25, -0.2) is 4.39 Å². The standard InChI is InChI=1S/C9H5BrF4/c1-5(10)6-3-2-4-7(8(6)11)9(12,13)14/h2-4H,1H2. The molecule has 1 rings (SSSR count). The van der Waals surface area contributed by atoms with Gasteiger partial charge in [0, 0.05) is 10.0 Å². The molecule has 0 saturated carbocycles. The largest absolute Gasteiger partial charge is 0.419 e. The molecule has 0 heterocycles. The molecule has 14 heavy (non-hydrogen) atoms. The monoisotopic (exact) mass is 268 g/mol. The highest BCUT2D eigenvalue weighted by Crippen LogP contribution is 2.34. The van der Waals surface area contributed by atoms with Crippen LogP contribution in [0.5, 0.6) is 0 Å². The van der Waals surface area contributed by atoms with E-state index >= 15 is 0 Å². The molecule has 0 amide bonds. The summed E-state index contributed by atoms with van der Waals surface area (Å²) in [7, 11) is 0. The summed E-state index contributed by atoms with van der Waals surface area (Å²) >= 11 is 2.83. The molecule has 1 aromatic carbocycles. The molecule has 0 unspecified atom stereocenters. The molecule has 0 aromatic heterocycles. The van der Waals surface area contributed by atoms with Crippen LogP contribution in [0.4, 0.5) is 17.6 Å². The third kappa shape index (κ3) is 2.15. The predicted molar refractivity (Wildman–Crippen MR) is 49.4 cm³/mol. The molecule has 0 bridgehead atoms. The van der Waals surface area contributed by atoms with E-state index in [2.05, 4.69) is 22.5 Å². The first-order valence-corrected chi connectivity index (χ1v) is 4.34. The summed E-state index contributed by atoms with van der Waals surface area (Å²) in [6.07, 6.45) is -4.68. The second-order valence-electron chi connectivity index (χ2n) is 2.57. The zero-order valence-electron chi connectivity index (χ0n) is 6.83. The van der Waals surface area contributed by atoms with Crippen LogP contribution in [0, 0.1) is 5.82 Å². The number of halogens is 5. The molecule has 0 nitrogen and oxygen atoms in total. The lowest BCUT2D eigenvalue weighted by atomic mass is 10.1. The Kier molecular flexibility index (Phi) is 2.99. The van der Waals surface area contributed by atoms with Gasteiger partial charge < -0.3 is 0 Å². The van der Waals surface area contributed by atoms with Crippen LogP contribution in [0.15, 0.2) is 24.8 Å². The van der Waals surface area contributed by atoms with Crippen LogP contribution in [0.3, 0.4) is 0 Å². The van der Waals surface area contributed by atoms with Gasteiger partial charge in [0.05, 0.1) is 5.56 Å². The van der Waals surface area contributed by atoms with Crippen molar-refractivity contribution in [1.82, 2.24) is 0 Å². The normalized spacial score (nSPS) is 11.5. The quantitative estimate of drug-likeness (QED) is 0.670. The second-order valence-corrected chi connectivity index (χ2v) is 3.53. The predicted octanol–water partition coefficient (Wildman–Crippen LogP) is 4.21. The molecular weight excluding hydrogens is 264 g/mol. The highest BCUT2D eigenvalue weighted by Gasteiger charge is 2.34. The summed E-state index contributed by atoms with van der Waals surface area (Å²) in [5.41, 5.74) is -1.46. The lowest BCUT2D eigenvalue weighted by Crippen LogP contribution is -2.09. The van der Waals surface area contributed by atoms with Gasteiger partial charge in [0.1, 0.15) is 5.82 Å². The first-order valence-electron chi connectivity index (χ1n) is 3.54. The number of benzene rings is 1. The second kappa shape index (κ2) is 3.73. The Morgan fingerprint density at radius 1 is 1.29 bits per heavy atom. The fourth-order valence-corrected chi connectivity index (χ4v) is 1.27. The summed E-state index contributed by atoms with van der Waals surface area (Å²) in [5.74, 6) is -1.30. The number of alkyl halides is 3.